The van der Waals surface area contributed by atoms with Gasteiger partial charge in [0.05, 0.1) is 32.5 Å². The Morgan fingerprint density at radius 1 is 0.708 bits per heavy atom. The van der Waals surface area contributed by atoms with Crippen LogP contribution in [-0.4, -0.2) is 25.9 Å². The van der Waals surface area contributed by atoms with Gasteiger partial charge in [0.25, 0.3) is 20.2 Å². The van der Waals surface area contributed by atoms with Crippen LogP contribution in [0.4, 0.5) is 22.7 Å². The van der Waals surface area contributed by atoms with Crippen LogP contribution in [0.15, 0.2) is 46.2 Å². The van der Waals surface area contributed by atoms with E-state index >= 15 is 0 Å². The van der Waals surface area contributed by atoms with Gasteiger partial charge in [-0.25, -0.2) is 0 Å². The van der Waals surface area contributed by atoms with Crippen molar-refractivity contribution in [2.75, 3.05) is 22.3 Å². The number of rotatable bonds is 5. The highest BCUT2D eigenvalue weighted by atomic mass is 32.2. The summed E-state index contributed by atoms with van der Waals surface area (Å²) in [5.74, 6) is 0. The maximum Gasteiger partial charge on any atom is 0.294 e. The minimum absolute atomic E-state index is 0.0331. The zero-order chi connectivity index (χ0) is 18.1. The molecule has 0 aliphatic carbocycles. The molecule has 12 heteroatoms. The van der Waals surface area contributed by atoms with Gasteiger partial charge in [-0.2, -0.15) is 16.8 Å². The lowest BCUT2D eigenvalue weighted by molar-refractivity contribution is 0.481. The molecule has 0 bridgehead atoms. The molecule has 2 aromatic rings. The Balaban J connectivity index is 2.20. The van der Waals surface area contributed by atoms with E-state index in [1.54, 1.807) is 0 Å². The maximum atomic E-state index is 11.0. The molecular weight excluding hydrogens is 360 g/mol. The number of nitrogens with one attached hydrogen (secondary N) is 2. The lowest BCUT2D eigenvalue weighted by Crippen LogP contribution is -2.13. The van der Waals surface area contributed by atoms with Crippen LogP contribution in [0.5, 0.6) is 0 Å². The first-order valence-corrected chi connectivity index (χ1v) is 9.12. The van der Waals surface area contributed by atoms with E-state index in [4.69, 9.17) is 20.6 Å². The summed E-state index contributed by atoms with van der Waals surface area (Å²) in [6.45, 7) is 0. The molecule has 0 amide bonds. The molecule has 0 aliphatic heterocycles. The highest BCUT2D eigenvalue weighted by Gasteiger charge is 2.13. The number of hydrazine groups is 1. The molecule has 0 radical (unpaired) electrons. The topological polar surface area (TPSA) is 185 Å². The van der Waals surface area contributed by atoms with Crippen molar-refractivity contribution < 1.29 is 25.9 Å². The molecule has 0 fully saturated rings. The molecule has 0 aliphatic rings. The maximum absolute atomic E-state index is 11.0. The van der Waals surface area contributed by atoms with Crippen LogP contribution in [0.3, 0.4) is 0 Å². The quantitative estimate of drug-likeness (QED) is 0.248. The molecule has 24 heavy (non-hydrogen) atoms. The van der Waals surface area contributed by atoms with Crippen molar-refractivity contribution in [3.63, 3.8) is 0 Å². The standard InChI is InChI=1S/C12H14N4O6S2/c13-9-5-7(23(17,18)19)1-3-11(9)15-16-12-4-2-8(6-10(12)14)24(20,21)22/h1-6,15-16H,13-14H2,(H,17,18,19)(H,20,21,22). The average Bonchev–Trinajstić information content (AvgIpc) is 2.45. The molecule has 8 N–H and O–H groups in total. The van der Waals surface area contributed by atoms with Crippen LogP contribution in [-0.2, 0) is 20.2 Å². The summed E-state index contributed by atoms with van der Waals surface area (Å²) >= 11 is 0. The van der Waals surface area contributed by atoms with Gasteiger partial charge in [-0.1, -0.05) is 0 Å². The molecule has 10 nitrogen and oxygen atoms in total. The lowest BCUT2D eigenvalue weighted by Gasteiger charge is -2.14. The highest BCUT2D eigenvalue weighted by Crippen LogP contribution is 2.25. The Kier molecular flexibility index (Phi) is 4.57. The minimum Gasteiger partial charge on any atom is -0.397 e. The van der Waals surface area contributed by atoms with E-state index in [1.165, 1.54) is 12.1 Å². The van der Waals surface area contributed by atoms with Crippen LogP contribution >= 0.6 is 0 Å². The van der Waals surface area contributed by atoms with Crippen molar-refractivity contribution in [1.82, 2.24) is 0 Å². The van der Waals surface area contributed by atoms with E-state index in [9.17, 15) is 16.8 Å². The summed E-state index contributed by atoms with van der Waals surface area (Å²) in [5, 5.41) is 0. The fourth-order valence-electron chi connectivity index (χ4n) is 1.76. The third-order valence-electron chi connectivity index (χ3n) is 2.97. The number of nitrogens with two attached hydrogens (primary N) is 2. The summed E-state index contributed by atoms with van der Waals surface area (Å²) in [5.41, 5.74) is 17.3. The fraction of sp³-hybridized carbons (Fsp3) is 0. The third-order valence-corrected chi connectivity index (χ3v) is 4.67. The smallest absolute Gasteiger partial charge is 0.294 e. The third kappa shape index (κ3) is 4.05. The van der Waals surface area contributed by atoms with Gasteiger partial charge in [0, 0.05) is 0 Å². The van der Waals surface area contributed by atoms with Gasteiger partial charge in [-0.3, -0.25) is 20.0 Å². The monoisotopic (exact) mass is 374 g/mol. The molecule has 2 aromatic carbocycles. The number of hydrogen-bond acceptors (Lipinski definition) is 8. The van der Waals surface area contributed by atoms with Crippen LogP contribution in [0.2, 0.25) is 0 Å². The summed E-state index contributed by atoms with van der Waals surface area (Å²) in [4.78, 5) is -0.717. The van der Waals surface area contributed by atoms with Crippen LogP contribution < -0.4 is 22.3 Å². The van der Waals surface area contributed by atoms with Crippen molar-refractivity contribution in [3.8, 4) is 0 Å². The minimum atomic E-state index is -4.36. The zero-order valence-electron chi connectivity index (χ0n) is 12.0. The molecule has 0 saturated carbocycles. The van der Waals surface area contributed by atoms with E-state index in [0.717, 1.165) is 24.3 Å². The van der Waals surface area contributed by atoms with Crippen molar-refractivity contribution in [1.29, 1.82) is 0 Å². The molecule has 0 spiro atoms. The highest BCUT2D eigenvalue weighted by molar-refractivity contribution is 7.86. The summed E-state index contributed by atoms with van der Waals surface area (Å²) in [6.07, 6.45) is 0. The Morgan fingerprint density at radius 2 is 1.04 bits per heavy atom. The van der Waals surface area contributed by atoms with Gasteiger partial charge in [-0.05, 0) is 36.4 Å². The Labute approximate surface area is 137 Å². The van der Waals surface area contributed by atoms with Gasteiger partial charge >= 0.3 is 0 Å². The molecule has 0 atom stereocenters. The Bertz CT molecular complexity index is 907. The summed E-state index contributed by atoms with van der Waals surface area (Å²) in [7, 11) is -8.73. The first kappa shape index (κ1) is 17.8. The molecule has 130 valence electrons. The fourth-order valence-corrected chi connectivity index (χ4v) is 2.80. The molecule has 0 unspecified atom stereocenters. The average molecular weight is 374 g/mol. The SMILES string of the molecule is Nc1cc(S(=O)(=O)O)ccc1NNc1ccc(S(=O)(=O)O)cc1N. The molecule has 0 aromatic heterocycles. The lowest BCUT2D eigenvalue weighted by atomic mass is 10.2. The Morgan fingerprint density at radius 3 is 1.29 bits per heavy atom. The first-order chi connectivity index (χ1) is 11.0. The predicted octanol–water partition coefficient (Wildman–Crippen LogP) is 0.783. The second-order valence-electron chi connectivity index (χ2n) is 4.70. The molecule has 0 saturated heterocycles. The number of hydrogen-bond donors (Lipinski definition) is 6. The van der Waals surface area contributed by atoms with Crippen molar-refractivity contribution in [3.05, 3.63) is 36.4 Å². The number of benzene rings is 2. The zero-order valence-corrected chi connectivity index (χ0v) is 13.6. The van der Waals surface area contributed by atoms with Crippen LogP contribution in [0.1, 0.15) is 0 Å². The second kappa shape index (κ2) is 6.16. The van der Waals surface area contributed by atoms with Gasteiger partial charge < -0.3 is 11.5 Å². The van der Waals surface area contributed by atoms with Crippen molar-refractivity contribution >= 4 is 43.0 Å². The summed E-state index contributed by atoms with van der Waals surface area (Å²) in [6, 6.07) is 7.03. The van der Waals surface area contributed by atoms with Gasteiger partial charge in [0.15, 0.2) is 0 Å². The van der Waals surface area contributed by atoms with Gasteiger partial charge in [0.2, 0.25) is 0 Å². The van der Waals surface area contributed by atoms with E-state index in [1.807, 2.05) is 0 Å². The van der Waals surface area contributed by atoms with Gasteiger partial charge in [-0.15, -0.1) is 0 Å². The normalized spacial score (nSPS) is 11.9. The van der Waals surface area contributed by atoms with Crippen molar-refractivity contribution in [2.45, 2.75) is 9.79 Å². The van der Waals surface area contributed by atoms with Crippen molar-refractivity contribution in [2.24, 2.45) is 0 Å². The van der Waals surface area contributed by atoms with E-state index < -0.39 is 20.2 Å². The number of anilines is 4. The van der Waals surface area contributed by atoms with E-state index in [-0.39, 0.29) is 21.2 Å². The predicted molar refractivity (Wildman–Crippen MR) is 88.6 cm³/mol. The van der Waals surface area contributed by atoms with E-state index in [0.29, 0.717) is 11.4 Å². The van der Waals surface area contributed by atoms with Gasteiger partial charge in [0.1, 0.15) is 0 Å². The molecule has 0 heterocycles. The molecule has 2 rings (SSSR count). The first-order valence-electron chi connectivity index (χ1n) is 6.24. The van der Waals surface area contributed by atoms with E-state index in [2.05, 4.69) is 10.9 Å². The summed E-state index contributed by atoms with van der Waals surface area (Å²) < 4.78 is 61.9. The van der Waals surface area contributed by atoms with Crippen LogP contribution in [0, 0.1) is 0 Å². The molecular formula is C12H14N4O6S2. The second-order valence-corrected chi connectivity index (χ2v) is 7.54. The Hall–Kier alpha value is -2.54. The number of nitrogen functional groups attached to an aromatic ring is 2. The van der Waals surface area contributed by atoms with Crippen LogP contribution in [0.25, 0.3) is 0 Å². The largest absolute Gasteiger partial charge is 0.397 e.